The zero-order chi connectivity index (χ0) is 13.6. The van der Waals surface area contributed by atoms with Crippen molar-refractivity contribution in [1.29, 1.82) is 0 Å². The molecule has 4 rings (SSSR count). The third kappa shape index (κ3) is 1.97. The van der Waals surface area contributed by atoms with E-state index in [2.05, 4.69) is 5.32 Å². The van der Waals surface area contributed by atoms with Crippen molar-refractivity contribution in [3.63, 3.8) is 0 Å². The van der Waals surface area contributed by atoms with E-state index >= 15 is 0 Å². The van der Waals surface area contributed by atoms with Gasteiger partial charge in [0.1, 0.15) is 5.60 Å². The molecular formula is C16H23N3O. The standard InChI is InChI=1S/C16H23N3O/c1-20-16(7-3-2-4-8-16)15-18-13-10-17-9-12(13)14(19-15)11-5-6-11/h11,17H,2-10H2,1H3. The Morgan fingerprint density at radius 2 is 1.90 bits per heavy atom. The monoisotopic (exact) mass is 273 g/mol. The van der Waals surface area contributed by atoms with E-state index in [4.69, 9.17) is 14.7 Å². The zero-order valence-corrected chi connectivity index (χ0v) is 12.2. The van der Waals surface area contributed by atoms with Gasteiger partial charge in [-0.15, -0.1) is 0 Å². The lowest BCUT2D eigenvalue weighted by molar-refractivity contribution is -0.0517. The highest BCUT2D eigenvalue weighted by atomic mass is 16.5. The molecule has 0 aromatic carbocycles. The Labute approximate surface area is 120 Å². The summed E-state index contributed by atoms with van der Waals surface area (Å²) in [5.74, 6) is 1.65. The summed E-state index contributed by atoms with van der Waals surface area (Å²) in [6, 6.07) is 0. The number of rotatable bonds is 3. The molecular weight excluding hydrogens is 250 g/mol. The van der Waals surface area contributed by atoms with Gasteiger partial charge in [0.15, 0.2) is 5.82 Å². The highest BCUT2D eigenvalue weighted by Gasteiger charge is 2.40. The van der Waals surface area contributed by atoms with E-state index in [1.54, 1.807) is 0 Å². The molecule has 0 amide bonds. The number of hydrogen-bond acceptors (Lipinski definition) is 4. The first kappa shape index (κ1) is 12.7. The Morgan fingerprint density at radius 1 is 1.10 bits per heavy atom. The first-order valence-corrected chi connectivity index (χ1v) is 7.98. The lowest BCUT2D eigenvalue weighted by Gasteiger charge is -2.35. The lowest BCUT2D eigenvalue weighted by Crippen LogP contribution is -2.34. The minimum absolute atomic E-state index is 0.223. The molecule has 0 bridgehead atoms. The zero-order valence-electron chi connectivity index (χ0n) is 12.2. The molecule has 1 aliphatic heterocycles. The molecule has 2 heterocycles. The summed E-state index contributed by atoms with van der Waals surface area (Å²) in [6.07, 6.45) is 8.50. The van der Waals surface area contributed by atoms with Crippen molar-refractivity contribution in [3.8, 4) is 0 Å². The molecule has 0 unspecified atom stereocenters. The average Bonchev–Trinajstić information content (AvgIpc) is 3.24. The van der Waals surface area contributed by atoms with Gasteiger partial charge in [0.2, 0.25) is 0 Å². The van der Waals surface area contributed by atoms with Gasteiger partial charge in [-0.1, -0.05) is 19.3 Å². The number of methoxy groups -OCH3 is 1. The molecule has 4 heteroatoms. The summed E-state index contributed by atoms with van der Waals surface area (Å²) in [4.78, 5) is 9.89. The van der Waals surface area contributed by atoms with Crippen LogP contribution in [0.2, 0.25) is 0 Å². The third-order valence-corrected chi connectivity index (χ3v) is 5.14. The van der Waals surface area contributed by atoms with Gasteiger partial charge in [-0.2, -0.15) is 0 Å². The van der Waals surface area contributed by atoms with Crippen molar-refractivity contribution in [1.82, 2.24) is 15.3 Å². The maximum atomic E-state index is 5.93. The number of aromatic nitrogens is 2. The molecule has 2 fully saturated rings. The molecule has 1 aromatic rings. The van der Waals surface area contributed by atoms with Crippen LogP contribution in [0, 0.1) is 0 Å². The minimum atomic E-state index is -0.223. The SMILES string of the molecule is COC1(c2nc3c(c(C4CC4)n2)CNC3)CCCCC1. The highest BCUT2D eigenvalue weighted by Crippen LogP contribution is 2.44. The van der Waals surface area contributed by atoms with Gasteiger partial charge in [0.25, 0.3) is 0 Å². The Kier molecular flexibility index (Phi) is 3.04. The van der Waals surface area contributed by atoms with Crippen LogP contribution in [-0.2, 0) is 23.4 Å². The van der Waals surface area contributed by atoms with E-state index < -0.39 is 0 Å². The average molecular weight is 273 g/mol. The smallest absolute Gasteiger partial charge is 0.160 e. The van der Waals surface area contributed by atoms with E-state index in [0.29, 0.717) is 5.92 Å². The normalized spacial score (nSPS) is 24.6. The first-order valence-electron chi connectivity index (χ1n) is 7.98. The lowest BCUT2D eigenvalue weighted by atomic mass is 9.83. The van der Waals surface area contributed by atoms with E-state index in [-0.39, 0.29) is 5.60 Å². The molecule has 4 nitrogen and oxygen atoms in total. The largest absolute Gasteiger partial charge is 0.370 e. The predicted octanol–water partition coefficient (Wildman–Crippen LogP) is 2.76. The van der Waals surface area contributed by atoms with Crippen LogP contribution >= 0.6 is 0 Å². The van der Waals surface area contributed by atoms with Gasteiger partial charge >= 0.3 is 0 Å². The molecule has 20 heavy (non-hydrogen) atoms. The van der Waals surface area contributed by atoms with Crippen LogP contribution in [0.4, 0.5) is 0 Å². The van der Waals surface area contributed by atoms with Gasteiger partial charge in [-0.05, 0) is 25.7 Å². The molecule has 1 N–H and O–H groups in total. The second-order valence-electron chi connectivity index (χ2n) is 6.49. The minimum Gasteiger partial charge on any atom is -0.370 e. The van der Waals surface area contributed by atoms with Gasteiger partial charge in [-0.25, -0.2) is 9.97 Å². The second-order valence-corrected chi connectivity index (χ2v) is 6.49. The summed E-state index contributed by atoms with van der Waals surface area (Å²) in [7, 11) is 1.83. The topological polar surface area (TPSA) is 47.0 Å². The quantitative estimate of drug-likeness (QED) is 0.920. The van der Waals surface area contributed by atoms with Gasteiger partial charge < -0.3 is 10.1 Å². The van der Waals surface area contributed by atoms with Crippen LogP contribution in [0.5, 0.6) is 0 Å². The summed E-state index contributed by atoms with van der Waals surface area (Å²) in [6.45, 7) is 1.84. The summed E-state index contributed by atoms with van der Waals surface area (Å²) in [5.41, 5.74) is 3.69. The highest BCUT2D eigenvalue weighted by molar-refractivity contribution is 5.34. The van der Waals surface area contributed by atoms with Crippen LogP contribution in [0.15, 0.2) is 0 Å². The molecule has 0 spiro atoms. The molecule has 0 atom stereocenters. The number of hydrogen-bond donors (Lipinski definition) is 1. The van der Waals surface area contributed by atoms with Crippen LogP contribution in [0.25, 0.3) is 0 Å². The maximum Gasteiger partial charge on any atom is 0.160 e. The van der Waals surface area contributed by atoms with Crippen LogP contribution < -0.4 is 5.32 Å². The van der Waals surface area contributed by atoms with Crippen LogP contribution in [0.3, 0.4) is 0 Å². The van der Waals surface area contributed by atoms with E-state index in [1.807, 2.05) is 7.11 Å². The van der Waals surface area contributed by atoms with Crippen molar-refractivity contribution < 1.29 is 4.74 Å². The molecule has 0 radical (unpaired) electrons. The molecule has 2 aliphatic carbocycles. The third-order valence-electron chi connectivity index (χ3n) is 5.14. The van der Waals surface area contributed by atoms with Crippen molar-refractivity contribution in [3.05, 3.63) is 22.8 Å². The Balaban J connectivity index is 1.79. The van der Waals surface area contributed by atoms with Gasteiger partial charge in [0, 0.05) is 31.7 Å². The van der Waals surface area contributed by atoms with E-state index in [1.165, 1.54) is 49.1 Å². The van der Waals surface area contributed by atoms with Gasteiger partial charge in [-0.3, -0.25) is 0 Å². The maximum absolute atomic E-state index is 5.93. The summed E-state index contributed by atoms with van der Waals surface area (Å²) in [5, 5.41) is 3.43. The number of ether oxygens (including phenoxy) is 1. The Bertz CT molecular complexity index is 519. The van der Waals surface area contributed by atoms with Crippen molar-refractivity contribution in [2.24, 2.45) is 0 Å². The second kappa shape index (κ2) is 4.78. The number of nitrogens with zero attached hydrogens (tertiary/aromatic N) is 2. The molecule has 0 saturated heterocycles. The van der Waals surface area contributed by atoms with Crippen LogP contribution in [0.1, 0.15) is 73.6 Å². The molecule has 2 saturated carbocycles. The molecule has 1 aromatic heterocycles. The van der Waals surface area contributed by atoms with Crippen molar-refractivity contribution in [2.45, 2.75) is 69.6 Å². The molecule has 108 valence electrons. The summed E-state index contributed by atoms with van der Waals surface area (Å²) >= 11 is 0. The Hall–Kier alpha value is -1.00. The van der Waals surface area contributed by atoms with Crippen molar-refractivity contribution in [2.75, 3.05) is 7.11 Å². The fourth-order valence-electron chi connectivity index (χ4n) is 3.73. The number of nitrogens with one attached hydrogen (secondary N) is 1. The van der Waals surface area contributed by atoms with Crippen molar-refractivity contribution >= 4 is 0 Å². The van der Waals surface area contributed by atoms with Crippen LogP contribution in [-0.4, -0.2) is 17.1 Å². The number of fused-ring (bicyclic) bond motifs is 1. The van der Waals surface area contributed by atoms with E-state index in [0.717, 1.165) is 31.8 Å². The van der Waals surface area contributed by atoms with Gasteiger partial charge in [0.05, 0.1) is 11.4 Å². The Morgan fingerprint density at radius 3 is 2.60 bits per heavy atom. The fourth-order valence-corrected chi connectivity index (χ4v) is 3.73. The first-order chi connectivity index (χ1) is 9.82. The summed E-state index contributed by atoms with van der Waals surface area (Å²) < 4.78 is 5.93. The molecule has 3 aliphatic rings. The predicted molar refractivity (Wildman–Crippen MR) is 76.3 cm³/mol. The van der Waals surface area contributed by atoms with E-state index in [9.17, 15) is 0 Å². The fraction of sp³-hybridized carbons (Fsp3) is 0.750.